The highest BCUT2D eigenvalue weighted by Crippen LogP contribution is 2.36. The summed E-state index contributed by atoms with van der Waals surface area (Å²) in [6.07, 6.45) is 1.42. The number of nitro benzene ring substituents is 1. The molecule has 122 valence electrons. The second-order valence-corrected chi connectivity index (χ2v) is 5.21. The van der Waals surface area contributed by atoms with E-state index in [1.54, 1.807) is 18.2 Å². The molecule has 0 saturated carbocycles. The molecule has 0 radical (unpaired) electrons. The number of methoxy groups -OCH3 is 1. The zero-order chi connectivity index (χ0) is 17.3. The molecule has 3 aromatic rings. The topological polar surface area (TPSA) is 101 Å². The molecule has 0 saturated heterocycles. The Balaban J connectivity index is 2.06. The van der Waals surface area contributed by atoms with Gasteiger partial charge in [-0.2, -0.15) is 0 Å². The molecule has 0 fully saturated rings. The van der Waals surface area contributed by atoms with Gasteiger partial charge in [-0.3, -0.25) is 10.1 Å². The van der Waals surface area contributed by atoms with Gasteiger partial charge in [-0.1, -0.05) is 23.7 Å². The molecule has 2 aromatic carbocycles. The highest BCUT2D eigenvalue weighted by atomic mass is 35.5. The molecule has 0 spiro atoms. The molecular weight excluding hydrogens is 336 g/mol. The number of halogens is 1. The quantitative estimate of drug-likeness (QED) is 0.529. The molecule has 0 aliphatic heterocycles. The van der Waals surface area contributed by atoms with E-state index in [0.717, 1.165) is 6.07 Å². The summed E-state index contributed by atoms with van der Waals surface area (Å²) in [6, 6.07) is 9.61. The average Bonchev–Trinajstić information content (AvgIpc) is 3.00. The van der Waals surface area contributed by atoms with E-state index in [-0.39, 0.29) is 16.7 Å². The number of benzene rings is 2. The van der Waals surface area contributed by atoms with Gasteiger partial charge in [-0.05, 0) is 29.8 Å². The second kappa shape index (κ2) is 6.21. The number of rotatable bonds is 4. The third-order valence-corrected chi connectivity index (χ3v) is 3.54. The lowest BCUT2D eigenvalue weighted by molar-refractivity contribution is -0.398. The van der Waals surface area contributed by atoms with Crippen molar-refractivity contribution in [1.82, 2.24) is 4.98 Å². The van der Waals surface area contributed by atoms with Gasteiger partial charge in [0.2, 0.25) is 5.89 Å². The maximum Gasteiger partial charge on any atom is 0.266 e. The van der Waals surface area contributed by atoms with Crippen molar-refractivity contribution in [3.05, 3.63) is 58.0 Å². The number of nitro groups is 1. The van der Waals surface area contributed by atoms with Crippen LogP contribution in [0.5, 0.6) is 11.5 Å². The molecular formula is C16H10ClN2O5-. The minimum absolute atomic E-state index is 0.140. The summed E-state index contributed by atoms with van der Waals surface area (Å²) in [5.41, 5.74) is 0.933. The summed E-state index contributed by atoms with van der Waals surface area (Å²) in [5, 5.41) is 22.9. The number of aromatic nitrogens is 1. The predicted octanol–water partition coefficient (Wildman–Crippen LogP) is 3.56. The first kappa shape index (κ1) is 15.8. The first-order valence-electron chi connectivity index (χ1n) is 6.76. The molecule has 0 aliphatic carbocycles. The fourth-order valence-corrected chi connectivity index (χ4v) is 2.37. The highest BCUT2D eigenvalue weighted by Gasteiger charge is 2.14. The molecule has 0 unspecified atom stereocenters. The Morgan fingerprint density at radius 3 is 2.79 bits per heavy atom. The molecule has 1 heterocycles. The highest BCUT2D eigenvalue weighted by molar-refractivity contribution is 6.50. The zero-order valence-corrected chi connectivity index (χ0v) is 13.1. The summed E-state index contributed by atoms with van der Waals surface area (Å²) in [6.45, 7) is 0. The molecule has 8 heteroatoms. The lowest BCUT2D eigenvalue weighted by Crippen LogP contribution is -2.01. The Labute approximate surface area is 140 Å². The van der Waals surface area contributed by atoms with Gasteiger partial charge in [-0.15, -0.1) is 0 Å². The van der Waals surface area contributed by atoms with E-state index in [9.17, 15) is 15.2 Å². The molecule has 0 atom stereocenters. The molecule has 7 nitrogen and oxygen atoms in total. The first-order chi connectivity index (χ1) is 11.5. The standard InChI is InChI=1S/C16H11ClN2O5/c1-23-14-8-9(7-12(15(14)20)19(21)22)6-10(17)16-18-11-4-2-3-5-13(11)24-16/h2-8,20H,1H3/p-1/b10-6-. The van der Waals surface area contributed by atoms with Crippen molar-refractivity contribution in [2.75, 3.05) is 7.11 Å². The molecule has 0 N–H and O–H groups in total. The predicted molar refractivity (Wildman–Crippen MR) is 86.8 cm³/mol. The maximum absolute atomic E-state index is 11.8. The number of para-hydroxylation sites is 2. The van der Waals surface area contributed by atoms with Crippen LogP contribution in [-0.2, 0) is 0 Å². The molecule has 24 heavy (non-hydrogen) atoms. The van der Waals surface area contributed by atoms with Gasteiger partial charge in [0.05, 0.1) is 12.0 Å². The van der Waals surface area contributed by atoms with Crippen molar-refractivity contribution < 1.29 is 19.2 Å². The minimum atomic E-state index is -0.794. The largest absolute Gasteiger partial charge is 0.865 e. The molecule has 3 rings (SSSR count). The minimum Gasteiger partial charge on any atom is -0.865 e. The third-order valence-electron chi connectivity index (χ3n) is 3.27. The van der Waals surface area contributed by atoms with Crippen LogP contribution in [0.1, 0.15) is 11.5 Å². The molecule has 1 aromatic heterocycles. The van der Waals surface area contributed by atoms with Gasteiger partial charge >= 0.3 is 0 Å². The van der Waals surface area contributed by atoms with Crippen molar-refractivity contribution in [3.63, 3.8) is 0 Å². The van der Waals surface area contributed by atoms with Crippen LogP contribution in [0.25, 0.3) is 22.2 Å². The van der Waals surface area contributed by atoms with Crippen LogP contribution >= 0.6 is 11.6 Å². The Morgan fingerprint density at radius 2 is 2.12 bits per heavy atom. The molecule has 0 amide bonds. The summed E-state index contributed by atoms with van der Waals surface area (Å²) < 4.78 is 10.4. The Hall–Kier alpha value is -3.06. The van der Waals surface area contributed by atoms with Crippen LogP contribution in [0.4, 0.5) is 5.69 Å². The number of nitrogens with zero attached hydrogens (tertiary/aromatic N) is 2. The van der Waals surface area contributed by atoms with Crippen molar-refractivity contribution >= 4 is 39.5 Å². The van der Waals surface area contributed by atoms with Gasteiger partial charge in [0.1, 0.15) is 16.3 Å². The fraction of sp³-hybridized carbons (Fsp3) is 0.0625. The van der Waals surface area contributed by atoms with Gasteiger partial charge < -0.3 is 14.3 Å². The van der Waals surface area contributed by atoms with Gasteiger partial charge in [0.15, 0.2) is 5.58 Å². The summed E-state index contributed by atoms with van der Waals surface area (Å²) >= 11 is 6.20. The number of oxazole rings is 1. The van der Waals surface area contributed by atoms with Gasteiger partial charge in [0.25, 0.3) is 5.69 Å². The van der Waals surface area contributed by atoms with Crippen LogP contribution in [0.15, 0.2) is 40.8 Å². The number of ether oxygens (including phenoxy) is 1. The van der Waals surface area contributed by atoms with Crippen LogP contribution in [-0.4, -0.2) is 17.0 Å². The Bertz CT molecular complexity index is 931. The van der Waals surface area contributed by atoms with Crippen molar-refractivity contribution in [2.24, 2.45) is 0 Å². The maximum atomic E-state index is 11.8. The summed E-state index contributed by atoms with van der Waals surface area (Å²) in [4.78, 5) is 14.4. The lowest BCUT2D eigenvalue weighted by Gasteiger charge is -2.13. The number of fused-ring (bicyclic) bond motifs is 1. The summed E-state index contributed by atoms with van der Waals surface area (Å²) in [7, 11) is 1.26. The average molecular weight is 346 g/mol. The SMILES string of the molecule is COc1cc(/C=C(\Cl)c2nc3ccccc3o2)cc([N+](=O)[O-])c1[O-]. The number of hydrogen-bond acceptors (Lipinski definition) is 6. The van der Waals surface area contributed by atoms with E-state index in [2.05, 4.69) is 4.98 Å². The van der Waals surface area contributed by atoms with Gasteiger partial charge in [-0.25, -0.2) is 4.98 Å². The normalized spacial score (nSPS) is 11.7. The van der Waals surface area contributed by atoms with E-state index in [0.29, 0.717) is 16.7 Å². The van der Waals surface area contributed by atoms with Crippen LogP contribution in [0.2, 0.25) is 0 Å². The van der Waals surface area contributed by atoms with E-state index < -0.39 is 16.4 Å². The molecule has 0 bridgehead atoms. The Morgan fingerprint density at radius 1 is 1.38 bits per heavy atom. The lowest BCUT2D eigenvalue weighted by atomic mass is 10.1. The smallest absolute Gasteiger partial charge is 0.266 e. The summed E-state index contributed by atoms with van der Waals surface area (Å²) in [5.74, 6) is -0.763. The number of hydrogen-bond donors (Lipinski definition) is 0. The fourth-order valence-electron chi connectivity index (χ4n) is 2.16. The third kappa shape index (κ3) is 2.89. The van der Waals surface area contributed by atoms with E-state index >= 15 is 0 Å². The van der Waals surface area contributed by atoms with Crippen molar-refractivity contribution in [3.8, 4) is 11.5 Å². The van der Waals surface area contributed by atoms with Crippen molar-refractivity contribution in [1.29, 1.82) is 0 Å². The van der Waals surface area contributed by atoms with Crippen molar-refractivity contribution in [2.45, 2.75) is 0 Å². The Kier molecular flexibility index (Phi) is 4.09. The van der Waals surface area contributed by atoms with Crippen LogP contribution < -0.4 is 9.84 Å². The first-order valence-corrected chi connectivity index (χ1v) is 7.14. The van der Waals surface area contributed by atoms with Crippen LogP contribution in [0.3, 0.4) is 0 Å². The van der Waals surface area contributed by atoms with E-state index in [1.165, 1.54) is 19.3 Å². The van der Waals surface area contributed by atoms with E-state index in [1.807, 2.05) is 6.07 Å². The zero-order valence-electron chi connectivity index (χ0n) is 12.4. The van der Waals surface area contributed by atoms with Crippen LogP contribution in [0, 0.1) is 10.1 Å². The van der Waals surface area contributed by atoms with Gasteiger partial charge in [0, 0.05) is 11.8 Å². The van der Waals surface area contributed by atoms with E-state index in [4.69, 9.17) is 20.8 Å². The monoisotopic (exact) mass is 345 g/mol. The second-order valence-electron chi connectivity index (χ2n) is 4.81. The molecule has 0 aliphatic rings.